The van der Waals surface area contributed by atoms with Crippen LogP contribution in [0, 0.1) is 13.8 Å². The molecular formula is C19H24N2S. The van der Waals surface area contributed by atoms with E-state index in [1.165, 1.54) is 22.3 Å². The topological polar surface area (TPSA) is 24.1 Å². The van der Waals surface area contributed by atoms with E-state index in [4.69, 9.17) is 12.2 Å². The highest BCUT2D eigenvalue weighted by Gasteiger charge is 2.10. The third kappa shape index (κ3) is 4.31. The third-order valence-electron chi connectivity index (χ3n) is 3.87. The quantitative estimate of drug-likeness (QED) is 0.784. The lowest BCUT2D eigenvalue weighted by molar-refractivity contribution is 0.716. The number of nitrogens with one attached hydrogen (secondary N) is 2. The van der Waals surface area contributed by atoms with E-state index in [0.29, 0.717) is 5.11 Å². The average molecular weight is 312 g/mol. The van der Waals surface area contributed by atoms with Gasteiger partial charge in [0.2, 0.25) is 0 Å². The van der Waals surface area contributed by atoms with Crippen molar-refractivity contribution in [3.05, 3.63) is 64.7 Å². The zero-order valence-corrected chi connectivity index (χ0v) is 14.6. The first-order valence-electron chi connectivity index (χ1n) is 7.73. The lowest BCUT2D eigenvalue weighted by atomic mass is 10.0. The first-order valence-corrected chi connectivity index (χ1v) is 8.14. The van der Waals surface area contributed by atoms with Gasteiger partial charge in [-0.25, -0.2) is 0 Å². The van der Waals surface area contributed by atoms with Gasteiger partial charge in [0.05, 0.1) is 6.04 Å². The smallest absolute Gasteiger partial charge is 0.171 e. The van der Waals surface area contributed by atoms with Gasteiger partial charge in [0.1, 0.15) is 0 Å². The summed E-state index contributed by atoms with van der Waals surface area (Å²) < 4.78 is 0. The summed E-state index contributed by atoms with van der Waals surface area (Å²) in [4.78, 5) is 0. The maximum atomic E-state index is 5.43. The van der Waals surface area contributed by atoms with Crippen molar-refractivity contribution in [2.75, 3.05) is 5.32 Å². The van der Waals surface area contributed by atoms with Crippen molar-refractivity contribution in [2.45, 2.75) is 40.2 Å². The second-order valence-corrected chi connectivity index (χ2v) is 6.14. The SMILES string of the molecule is CCc1ccc(NC(=S)NC(C)c2cc(C)ccc2C)cc1. The lowest BCUT2D eigenvalue weighted by Gasteiger charge is -2.19. The molecular weight excluding hydrogens is 288 g/mol. The van der Waals surface area contributed by atoms with Gasteiger partial charge in [-0.1, -0.05) is 42.8 Å². The molecule has 0 aliphatic carbocycles. The predicted octanol–water partition coefficient (Wildman–Crippen LogP) is 4.91. The Morgan fingerprint density at radius 1 is 1.09 bits per heavy atom. The lowest BCUT2D eigenvalue weighted by Crippen LogP contribution is -2.31. The van der Waals surface area contributed by atoms with Gasteiger partial charge in [-0.3, -0.25) is 0 Å². The van der Waals surface area contributed by atoms with Crippen LogP contribution in [0.3, 0.4) is 0 Å². The van der Waals surface area contributed by atoms with Crippen LogP contribution in [0.25, 0.3) is 0 Å². The number of rotatable bonds is 4. The first-order chi connectivity index (χ1) is 10.5. The molecule has 1 atom stereocenters. The summed E-state index contributed by atoms with van der Waals surface area (Å²) in [6.07, 6.45) is 1.05. The fourth-order valence-corrected chi connectivity index (χ4v) is 2.79. The molecule has 2 nitrogen and oxygen atoms in total. The maximum absolute atomic E-state index is 5.43. The Morgan fingerprint density at radius 3 is 2.41 bits per heavy atom. The molecule has 0 saturated carbocycles. The maximum Gasteiger partial charge on any atom is 0.171 e. The van der Waals surface area contributed by atoms with E-state index in [9.17, 15) is 0 Å². The van der Waals surface area contributed by atoms with Crippen molar-refractivity contribution >= 4 is 23.0 Å². The molecule has 0 radical (unpaired) electrons. The number of aryl methyl sites for hydroxylation is 3. The van der Waals surface area contributed by atoms with Crippen LogP contribution in [0.1, 0.15) is 42.1 Å². The van der Waals surface area contributed by atoms with E-state index < -0.39 is 0 Å². The molecule has 0 bridgehead atoms. The van der Waals surface area contributed by atoms with E-state index >= 15 is 0 Å². The second-order valence-electron chi connectivity index (χ2n) is 5.73. The Labute approximate surface area is 139 Å². The van der Waals surface area contributed by atoms with Crippen LogP contribution in [0.2, 0.25) is 0 Å². The summed E-state index contributed by atoms with van der Waals surface area (Å²) in [5.74, 6) is 0. The minimum absolute atomic E-state index is 0.176. The van der Waals surface area contributed by atoms with Gasteiger partial charge in [-0.05, 0) is 68.2 Å². The van der Waals surface area contributed by atoms with Crippen molar-refractivity contribution in [1.82, 2.24) is 5.32 Å². The molecule has 0 amide bonds. The Hall–Kier alpha value is -1.87. The third-order valence-corrected chi connectivity index (χ3v) is 4.09. The molecule has 0 aliphatic rings. The van der Waals surface area contributed by atoms with Gasteiger partial charge in [-0.15, -0.1) is 0 Å². The Bertz CT molecular complexity index is 647. The molecule has 116 valence electrons. The van der Waals surface area contributed by atoms with E-state index in [2.05, 4.69) is 80.8 Å². The van der Waals surface area contributed by atoms with Gasteiger partial charge in [-0.2, -0.15) is 0 Å². The highest BCUT2D eigenvalue weighted by Crippen LogP contribution is 2.19. The summed E-state index contributed by atoms with van der Waals surface area (Å²) in [6, 6.07) is 15.1. The standard InChI is InChI=1S/C19H24N2S/c1-5-16-8-10-17(11-9-16)21-19(22)20-15(4)18-12-13(2)6-7-14(18)3/h6-12,15H,5H2,1-4H3,(H2,20,21,22). The molecule has 22 heavy (non-hydrogen) atoms. The number of anilines is 1. The average Bonchev–Trinajstić information content (AvgIpc) is 2.50. The molecule has 0 saturated heterocycles. The molecule has 2 N–H and O–H groups in total. The van der Waals surface area contributed by atoms with Crippen molar-refractivity contribution in [3.8, 4) is 0 Å². The fourth-order valence-electron chi connectivity index (χ4n) is 2.49. The number of hydrogen-bond donors (Lipinski definition) is 2. The van der Waals surface area contributed by atoms with Crippen LogP contribution in [0.15, 0.2) is 42.5 Å². The predicted molar refractivity (Wildman–Crippen MR) is 99.5 cm³/mol. The molecule has 0 spiro atoms. The number of benzene rings is 2. The van der Waals surface area contributed by atoms with Crippen molar-refractivity contribution < 1.29 is 0 Å². The minimum atomic E-state index is 0.176. The van der Waals surface area contributed by atoms with Gasteiger partial charge >= 0.3 is 0 Å². The van der Waals surface area contributed by atoms with Crippen molar-refractivity contribution in [1.29, 1.82) is 0 Å². The summed E-state index contributed by atoms with van der Waals surface area (Å²) in [7, 11) is 0. The van der Waals surface area contributed by atoms with Crippen LogP contribution < -0.4 is 10.6 Å². The Kier molecular flexibility index (Phi) is 5.56. The normalized spacial score (nSPS) is 11.8. The summed E-state index contributed by atoms with van der Waals surface area (Å²) in [6.45, 7) is 8.53. The zero-order valence-electron chi connectivity index (χ0n) is 13.7. The second kappa shape index (κ2) is 7.41. The van der Waals surface area contributed by atoms with Crippen LogP contribution in [0.5, 0.6) is 0 Å². The fraction of sp³-hybridized carbons (Fsp3) is 0.316. The molecule has 1 unspecified atom stereocenters. The highest BCUT2D eigenvalue weighted by atomic mass is 32.1. The van der Waals surface area contributed by atoms with Crippen molar-refractivity contribution in [3.63, 3.8) is 0 Å². The van der Waals surface area contributed by atoms with Crippen LogP contribution in [-0.4, -0.2) is 5.11 Å². The van der Waals surface area contributed by atoms with Crippen LogP contribution in [0.4, 0.5) is 5.69 Å². The Balaban J connectivity index is 2.00. The number of thiocarbonyl (C=S) groups is 1. The first kappa shape index (κ1) is 16.5. The van der Waals surface area contributed by atoms with E-state index in [0.717, 1.165) is 12.1 Å². The van der Waals surface area contributed by atoms with E-state index in [1.807, 2.05) is 0 Å². The molecule has 0 heterocycles. The molecule has 2 rings (SSSR count). The summed E-state index contributed by atoms with van der Waals surface area (Å²) >= 11 is 5.43. The van der Waals surface area contributed by atoms with E-state index in [1.54, 1.807) is 0 Å². The minimum Gasteiger partial charge on any atom is -0.356 e. The summed E-state index contributed by atoms with van der Waals surface area (Å²) in [5, 5.41) is 7.26. The van der Waals surface area contributed by atoms with Crippen LogP contribution in [-0.2, 0) is 6.42 Å². The molecule has 0 aliphatic heterocycles. The van der Waals surface area contributed by atoms with Crippen LogP contribution >= 0.6 is 12.2 Å². The molecule has 2 aromatic rings. The van der Waals surface area contributed by atoms with Gasteiger partial charge < -0.3 is 10.6 Å². The monoisotopic (exact) mass is 312 g/mol. The molecule has 2 aromatic carbocycles. The van der Waals surface area contributed by atoms with Gasteiger partial charge in [0, 0.05) is 5.69 Å². The largest absolute Gasteiger partial charge is 0.356 e. The number of hydrogen-bond acceptors (Lipinski definition) is 1. The van der Waals surface area contributed by atoms with Crippen molar-refractivity contribution in [2.24, 2.45) is 0 Å². The Morgan fingerprint density at radius 2 is 1.77 bits per heavy atom. The molecule has 0 aromatic heterocycles. The zero-order chi connectivity index (χ0) is 16.1. The van der Waals surface area contributed by atoms with Gasteiger partial charge in [0.15, 0.2) is 5.11 Å². The molecule has 3 heteroatoms. The summed E-state index contributed by atoms with van der Waals surface area (Å²) in [5.41, 5.74) is 6.17. The highest BCUT2D eigenvalue weighted by molar-refractivity contribution is 7.80. The molecule has 0 fully saturated rings. The van der Waals surface area contributed by atoms with E-state index in [-0.39, 0.29) is 6.04 Å². The van der Waals surface area contributed by atoms with Gasteiger partial charge in [0.25, 0.3) is 0 Å².